The quantitative estimate of drug-likeness (QED) is 0.689. The lowest BCUT2D eigenvalue weighted by atomic mass is 10.0. The first kappa shape index (κ1) is 9.97. The molecule has 82 valence electrons. The van der Waals surface area contributed by atoms with Gasteiger partial charge in [-0.1, -0.05) is 54.6 Å². The molecule has 3 rings (SSSR count). The van der Waals surface area contributed by atoms with Crippen molar-refractivity contribution >= 4 is 11.8 Å². The van der Waals surface area contributed by atoms with E-state index in [1.807, 2.05) is 30.3 Å². The molecule has 2 heteroatoms. The van der Waals surface area contributed by atoms with E-state index in [9.17, 15) is 0 Å². The highest BCUT2D eigenvalue weighted by Gasteiger charge is 2.06. The number of hydrogen-bond donors (Lipinski definition) is 0. The minimum absolute atomic E-state index is 0.656. The number of fused-ring (bicyclic) bond motifs is 1. The average molecular weight is 220 g/mol. The highest BCUT2D eigenvalue weighted by molar-refractivity contribution is 5.81. The zero-order valence-electron chi connectivity index (χ0n) is 9.38. The third kappa shape index (κ3) is 2.02. The topological polar surface area (TPSA) is 24.7 Å². The predicted octanol–water partition coefficient (Wildman–Crippen LogP) is 4.15. The Morgan fingerprint density at radius 3 is 2.47 bits per heavy atom. The van der Waals surface area contributed by atoms with Crippen LogP contribution in [-0.4, -0.2) is 0 Å². The van der Waals surface area contributed by atoms with Crippen molar-refractivity contribution in [3.8, 4) is 0 Å². The second-order valence-corrected chi connectivity index (χ2v) is 3.99. The summed E-state index contributed by atoms with van der Waals surface area (Å²) in [6.07, 6.45) is 2.10. The zero-order chi connectivity index (χ0) is 11.5. The first-order valence-electron chi connectivity index (χ1n) is 5.66. The van der Waals surface area contributed by atoms with Gasteiger partial charge in [0.1, 0.15) is 0 Å². The summed E-state index contributed by atoms with van der Waals surface area (Å²) in [5.41, 5.74) is 4.46. The highest BCUT2D eigenvalue weighted by Crippen LogP contribution is 2.25. The van der Waals surface area contributed by atoms with Gasteiger partial charge in [-0.3, -0.25) is 0 Å². The van der Waals surface area contributed by atoms with E-state index in [4.69, 9.17) is 0 Å². The maximum atomic E-state index is 4.29. The molecule has 0 spiro atoms. The second kappa shape index (κ2) is 4.34. The Morgan fingerprint density at radius 2 is 1.59 bits per heavy atom. The minimum Gasteiger partial charge on any atom is -0.184 e. The molecule has 0 bridgehead atoms. The molecular weight excluding hydrogens is 208 g/mol. The first-order chi connectivity index (χ1) is 8.43. The van der Waals surface area contributed by atoms with Gasteiger partial charge in [-0.2, -0.15) is 10.2 Å². The van der Waals surface area contributed by atoms with Crippen molar-refractivity contribution in [1.29, 1.82) is 0 Å². The van der Waals surface area contributed by atoms with Crippen LogP contribution < -0.4 is 0 Å². The third-order valence-corrected chi connectivity index (χ3v) is 2.84. The van der Waals surface area contributed by atoms with E-state index in [0.29, 0.717) is 6.54 Å². The zero-order valence-corrected chi connectivity index (χ0v) is 9.38. The summed E-state index contributed by atoms with van der Waals surface area (Å²) in [6.45, 7) is 0.656. The molecule has 0 saturated carbocycles. The van der Waals surface area contributed by atoms with Crippen LogP contribution in [0.1, 0.15) is 16.7 Å². The van der Waals surface area contributed by atoms with Crippen LogP contribution in [0.3, 0.4) is 0 Å². The molecule has 1 aliphatic heterocycles. The molecule has 0 atom stereocenters. The van der Waals surface area contributed by atoms with Gasteiger partial charge in [0.05, 0.1) is 12.2 Å². The van der Waals surface area contributed by atoms with E-state index in [-0.39, 0.29) is 0 Å². The Hall–Kier alpha value is -2.22. The maximum absolute atomic E-state index is 4.29. The Kier molecular flexibility index (Phi) is 2.54. The summed E-state index contributed by atoms with van der Waals surface area (Å²) < 4.78 is 0. The fraction of sp³-hybridized carbons (Fsp3) is 0.0667. The number of benzene rings is 2. The lowest BCUT2D eigenvalue weighted by Gasteiger charge is -2.01. The van der Waals surface area contributed by atoms with E-state index in [1.54, 1.807) is 0 Å². The largest absolute Gasteiger partial charge is 0.184 e. The van der Waals surface area contributed by atoms with Crippen LogP contribution in [0.2, 0.25) is 0 Å². The van der Waals surface area contributed by atoms with Crippen LogP contribution in [0.5, 0.6) is 0 Å². The predicted molar refractivity (Wildman–Crippen MR) is 69.3 cm³/mol. The van der Waals surface area contributed by atoms with Crippen molar-refractivity contribution in [3.05, 3.63) is 71.3 Å². The van der Waals surface area contributed by atoms with Gasteiger partial charge in [0.2, 0.25) is 0 Å². The summed E-state index contributed by atoms with van der Waals surface area (Å²) in [5.74, 6) is 0. The van der Waals surface area contributed by atoms with Crippen molar-refractivity contribution in [3.63, 3.8) is 0 Å². The second-order valence-electron chi connectivity index (χ2n) is 3.99. The van der Waals surface area contributed by atoms with Gasteiger partial charge < -0.3 is 0 Å². The molecule has 0 N–H and O–H groups in total. The molecule has 2 nitrogen and oxygen atoms in total. The van der Waals surface area contributed by atoms with Crippen LogP contribution in [-0.2, 0) is 6.54 Å². The van der Waals surface area contributed by atoms with E-state index in [1.165, 1.54) is 11.1 Å². The molecule has 0 unspecified atom stereocenters. The number of nitrogens with zero attached hydrogens (tertiary/aromatic N) is 2. The molecule has 1 heterocycles. The minimum atomic E-state index is 0.656. The molecule has 0 radical (unpaired) electrons. The average Bonchev–Trinajstić information content (AvgIpc) is 2.62. The summed E-state index contributed by atoms with van der Waals surface area (Å²) in [6, 6.07) is 18.4. The Bertz CT molecular complexity index is 583. The molecule has 0 aromatic heterocycles. The molecule has 2 aromatic carbocycles. The van der Waals surface area contributed by atoms with Crippen LogP contribution >= 0.6 is 0 Å². The fourth-order valence-corrected chi connectivity index (χ4v) is 1.93. The van der Waals surface area contributed by atoms with Crippen molar-refractivity contribution in [2.24, 2.45) is 10.2 Å². The Morgan fingerprint density at radius 1 is 0.824 bits per heavy atom. The first-order valence-corrected chi connectivity index (χ1v) is 5.66. The van der Waals surface area contributed by atoms with Gasteiger partial charge in [-0.05, 0) is 17.2 Å². The standard InChI is InChI=1S/C15H12N2/c1-2-6-12(7-3-1)15-10-13-8-4-5-9-14(13)11-16-17-15/h1-10H,11H2. The summed E-state index contributed by atoms with van der Waals surface area (Å²) in [7, 11) is 0. The van der Waals surface area contributed by atoms with Gasteiger partial charge in [0.25, 0.3) is 0 Å². The number of rotatable bonds is 1. The number of azo groups is 1. The van der Waals surface area contributed by atoms with E-state index in [2.05, 4.69) is 40.6 Å². The molecule has 1 aliphatic rings. The Balaban J connectivity index is 2.10. The van der Waals surface area contributed by atoms with Crippen LogP contribution in [0, 0.1) is 0 Å². The lowest BCUT2D eigenvalue weighted by Crippen LogP contribution is -1.84. The van der Waals surface area contributed by atoms with Crippen molar-refractivity contribution in [1.82, 2.24) is 0 Å². The van der Waals surface area contributed by atoms with Gasteiger partial charge >= 0.3 is 0 Å². The molecule has 0 fully saturated rings. The molecular formula is C15H12N2. The Labute approximate surface area is 100 Å². The monoisotopic (exact) mass is 220 g/mol. The molecule has 2 aromatic rings. The van der Waals surface area contributed by atoms with Crippen molar-refractivity contribution in [2.75, 3.05) is 0 Å². The van der Waals surface area contributed by atoms with Crippen LogP contribution in [0.4, 0.5) is 0 Å². The van der Waals surface area contributed by atoms with Gasteiger partial charge in [0.15, 0.2) is 0 Å². The molecule has 0 saturated heterocycles. The smallest absolute Gasteiger partial charge is 0.0930 e. The van der Waals surface area contributed by atoms with Crippen LogP contribution in [0.25, 0.3) is 11.8 Å². The van der Waals surface area contributed by atoms with Gasteiger partial charge in [-0.15, -0.1) is 0 Å². The SMILES string of the molecule is C1=C(c2ccccc2)N=NCc2ccccc21. The van der Waals surface area contributed by atoms with Crippen LogP contribution in [0.15, 0.2) is 64.8 Å². The van der Waals surface area contributed by atoms with Gasteiger partial charge in [0, 0.05) is 5.56 Å². The van der Waals surface area contributed by atoms with Crippen molar-refractivity contribution in [2.45, 2.75) is 6.54 Å². The molecule has 17 heavy (non-hydrogen) atoms. The summed E-state index contributed by atoms with van der Waals surface area (Å²) in [5, 5.41) is 8.52. The van der Waals surface area contributed by atoms with E-state index in [0.717, 1.165) is 11.3 Å². The fourth-order valence-electron chi connectivity index (χ4n) is 1.93. The third-order valence-electron chi connectivity index (χ3n) is 2.84. The summed E-state index contributed by atoms with van der Waals surface area (Å²) >= 11 is 0. The summed E-state index contributed by atoms with van der Waals surface area (Å²) in [4.78, 5) is 0. The normalized spacial score (nSPS) is 13.8. The van der Waals surface area contributed by atoms with E-state index < -0.39 is 0 Å². The molecule has 0 aliphatic carbocycles. The highest BCUT2D eigenvalue weighted by atomic mass is 15.1. The number of hydrogen-bond acceptors (Lipinski definition) is 2. The maximum Gasteiger partial charge on any atom is 0.0930 e. The lowest BCUT2D eigenvalue weighted by molar-refractivity contribution is 0.969. The van der Waals surface area contributed by atoms with E-state index >= 15 is 0 Å². The van der Waals surface area contributed by atoms with Crippen molar-refractivity contribution < 1.29 is 0 Å². The molecule has 0 amide bonds. The van der Waals surface area contributed by atoms with Gasteiger partial charge in [-0.25, -0.2) is 0 Å².